The third-order valence-electron chi connectivity index (χ3n) is 0.814. The zero-order valence-electron chi connectivity index (χ0n) is 6.51. The summed E-state index contributed by atoms with van der Waals surface area (Å²) in [7, 11) is -2.87. The summed E-state index contributed by atoms with van der Waals surface area (Å²) in [6, 6.07) is 0. The van der Waals surface area contributed by atoms with Crippen molar-refractivity contribution in [3.63, 3.8) is 0 Å². The summed E-state index contributed by atoms with van der Waals surface area (Å²) in [5, 5.41) is 0. The van der Waals surface area contributed by atoms with Crippen LogP contribution in [0.1, 0.15) is 26.2 Å². The number of unbranched alkanes of at least 4 members (excludes halogenated alkanes) is 1. The van der Waals surface area contributed by atoms with Gasteiger partial charge >= 0.3 is 8.25 Å². The van der Waals surface area contributed by atoms with Crippen LogP contribution in [-0.4, -0.2) is 13.6 Å². The fourth-order valence-corrected chi connectivity index (χ4v) is 0.778. The van der Waals surface area contributed by atoms with Gasteiger partial charge in [-0.1, -0.05) is 48.1 Å². The van der Waals surface area contributed by atoms with Crippen molar-refractivity contribution in [1.29, 1.82) is 0 Å². The molecular weight excluding hydrogens is 245 g/mol. The van der Waals surface area contributed by atoms with Crippen molar-refractivity contribution in [3.8, 4) is 0 Å². The average Bonchev–Trinajstić information content (AvgIpc) is 1.80. The monoisotopic (exact) mass is 255 g/mol. The van der Waals surface area contributed by atoms with E-state index in [1.165, 1.54) is 0 Å². The highest BCUT2D eigenvalue weighted by Gasteiger charge is 2.17. The van der Waals surface area contributed by atoms with Crippen LogP contribution >= 0.6 is 43.1 Å². The molecule has 0 spiro atoms. The second-order valence-corrected chi connectivity index (χ2v) is 4.99. The molecule has 0 saturated heterocycles. The number of halogens is 3. The Hall–Kier alpha value is 0.890. The second kappa shape index (κ2) is 8.49. The molecular formula is C5H11Cl3O3P+. The normalized spacial score (nSPS) is 10.2. The Morgan fingerprint density at radius 2 is 1.67 bits per heavy atom. The topological polar surface area (TPSA) is 57.5 Å². The Morgan fingerprint density at radius 1 is 1.33 bits per heavy atom. The molecule has 0 fully saturated rings. The van der Waals surface area contributed by atoms with Crippen molar-refractivity contribution in [2.24, 2.45) is 0 Å². The summed E-state index contributed by atoms with van der Waals surface area (Å²) in [5.74, 6) is 0. The molecule has 0 aromatic carbocycles. The first-order valence-electron chi connectivity index (χ1n) is 3.21. The molecule has 0 saturated carbocycles. The summed E-state index contributed by atoms with van der Waals surface area (Å²) in [5.41, 5.74) is 0. The molecule has 0 bridgehead atoms. The second-order valence-electron chi connectivity index (χ2n) is 1.97. The molecule has 3 nitrogen and oxygen atoms in total. The quantitative estimate of drug-likeness (QED) is 0.589. The van der Waals surface area contributed by atoms with Gasteiger partial charge in [-0.2, -0.15) is 0 Å². The first-order chi connectivity index (χ1) is 5.29. The van der Waals surface area contributed by atoms with Gasteiger partial charge in [-0.05, 0) is 12.8 Å². The summed E-state index contributed by atoms with van der Waals surface area (Å²) < 4.78 is 7.67. The number of hydrogen-bond acceptors (Lipinski definition) is 1. The Balaban J connectivity index is 0. The van der Waals surface area contributed by atoms with E-state index < -0.39 is 12.0 Å². The van der Waals surface area contributed by atoms with Gasteiger partial charge in [0.05, 0.1) is 0 Å². The zero-order valence-corrected chi connectivity index (χ0v) is 9.67. The van der Waals surface area contributed by atoms with Crippen LogP contribution in [0, 0.1) is 0 Å². The Bertz CT molecular complexity index is 122. The number of hydrogen-bond donors (Lipinski definition) is 2. The van der Waals surface area contributed by atoms with Crippen LogP contribution in [0.15, 0.2) is 0 Å². The Labute approximate surface area is 87.6 Å². The third-order valence-corrected chi connectivity index (χ3v) is 1.38. The molecule has 0 aromatic heterocycles. The lowest BCUT2D eigenvalue weighted by Gasteiger charge is -2.07. The van der Waals surface area contributed by atoms with Crippen LogP contribution in [0.3, 0.4) is 0 Å². The maximum atomic E-state index is 8.70. The highest BCUT2D eigenvalue weighted by molar-refractivity contribution is 7.30. The predicted molar refractivity (Wildman–Crippen MR) is 51.9 cm³/mol. The van der Waals surface area contributed by atoms with Crippen molar-refractivity contribution in [3.05, 3.63) is 0 Å². The van der Waals surface area contributed by atoms with E-state index in [1.807, 2.05) is 0 Å². The molecule has 0 heterocycles. The zero-order chi connectivity index (χ0) is 10.2. The first-order valence-corrected chi connectivity index (χ1v) is 5.51. The van der Waals surface area contributed by atoms with E-state index in [2.05, 4.69) is 6.92 Å². The molecule has 0 aliphatic heterocycles. The summed E-state index contributed by atoms with van der Waals surface area (Å²) in [4.78, 5) is 14.2. The van der Waals surface area contributed by atoms with Gasteiger partial charge in [0, 0.05) is 4.57 Å². The standard InChI is InChI=1S/C5H9Cl3.HO3P/c1-2-3-4-5(6,7)8;1-4(2)3/h2-4H2,1H3;(H-,1,2,3)/p+1. The molecule has 0 aromatic rings. The molecule has 0 aliphatic carbocycles. The molecule has 0 radical (unpaired) electrons. The lowest BCUT2D eigenvalue weighted by atomic mass is 10.3. The molecule has 0 unspecified atom stereocenters. The lowest BCUT2D eigenvalue weighted by molar-refractivity contribution is 0.405. The lowest BCUT2D eigenvalue weighted by Crippen LogP contribution is -1.99. The first kappa shape index (κ1) is 15.4. The largest absolute Gasteiger partial charge is 0.692 e. The van der Waals surface area contributed by atoms with E-state index in [4.69, 9.17) is 49.2 Å². The third kappa shape index (κ3) is 30.7. The van der Waals surface area contributed by atoms with Crippen molar-refractivity contribution in [1.82, 2.24) is 0 Å². The Morgan fingerprint density at radius 3 is 1.75 bits per heavy atom. The van der Waals surface area contributed by atoms with Gasteiger partial charge in [0.1, 0.15) is 0 Å². The van der Waals surface area contributed by atoms with Crippen LogP contribution in [0.5, 0.6) is 0 Å². The van der Waals surface area contributed by atoms with Gasteiger partial charge in [-0.25, -0.2) is 0 Å². The van der Waals surface area contributed by atoms with E-state index in [1.54, 1.807) is 0 Å². The summed E-state index contributed by atoms with van der Waals surface area (Å²) in [6.07, 6.45) is 2.72. The predicted octanol–water partition coefficient (Wildman–Crippen LogP) is 3.18. The van der Waals surface area contributed by atoms with Gasteiger partial charge in [-0.15, -0.1) is 9.79 Å². The van der Waals surface area contributed by atoms with Gasteiger partial charge in [0.15, 0.2) is 3.79 Å². The minimum absolute atomic E-state index is 0.661. The fraction of sp³-hybridized carbons (Fsp3) is 1.00. The van der Waals surface area contributed by atoms with Gasteiger partial charge in [0.25, 0.3) is 0 Å². The van der Waals surface area contributed by atoms with Gasteiger partial charge in [-0.3, -0.25) is 0 Å². The van der Waals surface area contributed by atoms with Crippen LogP contribution in [0.4, 0.5) is 0 Å². The van der Waals surface area contributed by atoms with E-state index in [9.17, 15) is 0 Å². The van der Waals surface area contributed by atoms with Crippen LogP contribution < -0.4 is 0 Å². The van der Waals surface area contributed by atoms with Crippen molar-refractivity contribution < 1.29 is 14.4 Å². The smallest absolute Gasteiger partial charge is 0.134 e. The number of alkyl halides is 3. The van der Waals surface area contributed by atoms with Crippen molar-refractivity contribution in [2.75, 3.05) is 0 Å². The Kier molecular flexibility index (Phi) is 10.9. The maximum absolute atomic E-state index is 8.70. The van der Waals surface area contributed by atoms with E-state index in [0.717, 1.165) is 12.8 Å². The van der Waals surface area contributed by atoms with Crippen molar-refractivity contribution in [2.45, 2.75) is 30.0 Å². The molecule has 0 aliphatic rings. The van der Waals surface area contributed by atoms with Crippen LogP contribution in [-0.2, 0) is 4.57 Å². The molecule has 0 atom stereocenters. The highest BCUT2D eigenvalue weighted by atomic mass is 35.6. The molecule has 7 heteroatoms. The van der Waals surface area contributed by atoms with Gasteiger partial charge in [0.2, 0.25) is 0 Å². The van der Waals surface area contributed by atoms with Crippen LogP contribution in [0.2, 0.25) is 0 Å². The molecule has 0 rings (SSSR count). The fourth-order valence-electron chi connectivity index (χ4n) is 0.377. The van der Waals surface area contributed by atoms with E-state index in [0.29, 0.717) is 6.42 Å². The van der Waals surface area contributed by atoms with E-state index in [-0.39, 0.29) is 0 Å². The average molecular weight is 256 g/mol. The SMILES string of the molecule is CCCCC(Cl)(Cl)Cl.O=[P+](O)O. The van der Waals surface area contributed by atoms with Gasteiger partial charge < -0.3 is 0 Å². The molecule has 12 heavy (non-hydrogen) atoms. The molecule has 0 amide bonds. The molecule has 2 N–H and O–H groups in total. The van der Waals surface area contributed by atoms with E-state index >= 15 is 0 Å². The minimum atomic E-state index is -2.87. The highest BCUT2D eigenvalue weighted by Crippen LogP contribution is 2.31. The minimum Gasteiger partial charge on any atom is -0.134 e. The number of rotatable bonds is 2. The maximum Gasteiger partial charge on any atom is 0.692 e. The summed E-state index contributed by atoms with van der Waals surface area (Å²) >= 11 is 16.3. The van der Waals surface area contributed by atoms with Crippen molar-refractivity contribution >= 4 is 43.1 Å². The molecule has 74 valence electrons. The summed E-state index contributed by atoms with van der Waals surface area (Å²) in [6.45, 7) is 2.07. The van der Waals surface area contributed by atoms with Crippen LogP contribution in [0.25, 0.3) is 0 Å².